The third-order valence-electron chi connectivity index (χ3n) is 5.20. The first-order valence-corrected chi connectivity index (χ1v) is 10.1. The summed E-state index contributed by atoms with van der Waals surface area (Å²) in [6.07, 6.45) is 8.30. The van der Waals surface area contributed by atoms with Gasteiger partial charge >= 0.3 is 0 Å². The van der Waals surface area contributed by atoms with Crippen LogP contribution in [0.3, 0.4) is 0 Å². The van der Waals surface area contributed by atoms with Gasteiger partial charge in [0.1, 0.15) is 0 Å². The molecule has 3 fully saturated rings. The molecule has 6 heteroatoms. The number of ether oxygens (including phenoxy) is 1. The van der Waals surface area contributed by atoms with E-state index in [1.807, 2.05) is 0 Å². The van der Waals surface area contributed by atoms with Crippen molar-refractivity contribution in [2.24, 2.45) is 11.3 Å². The maximum Gasteiger partial charge on any atom is 0.211 e. The molecule has 122 valence electrons. The van der Waals surface area contributed by atoms with Gasteiger partial charge in [0.15, 0.2) is 0 Å². The van der Waals surface area contributed by atoms with Crippen LogP contribution in [0.25, 0.3) is 0 Å². The zero-order valence-electron chi connectivity index (χ0n) is 13.0. The largest absolute Gasteiger partial charge is 0.381 e. The van der Waals surface area contributed by atoms with E-state index < -0.39 is 10.0 Å². The summed E-state index contributed by atoms with van der Waals surface area (Å²) in [6.45, 7) is 4.12. The van der Waals surface area contributed by atoms with Crippen LogP contribution in [-0.2, 0) is 14.8 Å². The average Bonchev–Trinajstić information content (AvgIpc) is 3.16. The van der Waals surface area contributed by atoms with Crippen LogP contribution < -0.4 is 5.32 Å². The first kappa shape index (κ1) is 15.7. The molecule has 0 spiro atoms. The lowest BCUT2D eigenvalue weighted by atomic mass is 9.76. The second-order valence-electron chi connectivity index (χ2n) is 7.29. The van der Waals surface area contributed by atoms with E-state index in [4.69, 9.17) is 4.74 Å². The first-order chi connectivity index (χ1) is 9.97. The Bertz CT molecular complexity index is 456. The zero-order valence-corrected chi connectivity index (χ0v) is 13.8. The number of piperidine rings is 1. The highest BCUT2D eigenvalue weighted by atomic mass is 32.2. The summed E-state index contributed by atoms with van der Waals surface area (Å²) >= 11 is 0. The van der Waals surface area contributed by atoms with E-state index in [1.54, 1.807) is 4.31 Å². The number of hydrogen-bond acceptors (Lipinski definition) is 4. The molecule has 2 heterocycles. The summed E-state index contributed by atoms with van der Waals surface area (Å²) in [5, 5.41) is 3.66. The van der Waals surface area contributed by atoms with Crippen LogP contribution >= 0.6 is 0 Å². The Kier molecular flexibility index (Phi) is 4.60. The highest BCUT2D eigenvalue weighted by molar-refractivity contribution is 7.88. The molecular formula is C15H28N2O3S. The van der Waals surface area contributed by atoms with Crippen molar-refractivity contribution in [1.82, 2.24) is 9.62 Å². The SMILES string of the molecule is CS(=O)(=O)N1CCCC(CC2(CNC3CC3)CCOC2)C1. The van der Waals surface area contributed by atoms with Gasteiger partial charge in [-0.25, -0.2) is 12.7 Å². The van der Waals surface area contributed by atoms with Crippen molar-refractivity contribution >= 4 is 10.0 Å². The Balaban J connectivity index is 1.59. The van der Waals surface area contributed by atoms with Crippen LogP contribution in [-0.4, -0.2) is 57.9 Å². The smallest absolute Gasteiger partial charge is 0.211 e. The minimum absolute atomic E-state index is 0.230. The van der Waals surface area contributed by atoms with Crippen LogP contribution in [0.5, 0.6) is 0 Å². The first-order valence-electron chi connectivity index (χ1n) is 8.23. The molecule has 0 bridgehead atoms. The maximum atomic E-state index is 11.8. The summed E-state index contributed by atoms with van der Waals surface area (Å²) < 4.78 is 30.9. The highest BCUT2D eigenvalue weighted by Gasteiger charge is 2.39. The zero-order chi connectivity index (χ0) is 14.9. The lowest BCUT2D eigenvalue weighted by Gasteiger charge is -2.37. The Morgan fingerprint density at radius 3 is 2.76 bits per heavy atom. The van der Waals surface area contributed by atoms with Gasteiger partial charge < -0.3 is 10.1 Å². The van der Waals surface area contributed by atoms with E-state index in [2.05, 4.69) is 5.32 Å². The minimum Gasteiger partial charge on any atom is -0.381 e. The molecule has 2 aliphatic heterocycles. The lowest BCUT2D eigenvalue weighted by molar-refractivity contribution is 0.116. The van der Waals surface area contributed by atoms with E-state index in [1.165, 1.54) is 19.1 Å². The molecule has 1 saturated carbocycles. The van der Waals surface area contributed by atoms with E-state index in [-0.39, 0.29) is 5.41 Å². The molecular weight excluding hydrogens is 288 g/mol. The minimum atomic E-state index is -3.04. The van der Waals surface area contributed by atoms with Crippen LogP contribution in [0.15, 0.2) is 0 Å². The van der Waals surface area contributed by atoms with Crippen molar-refractivity contribution in [2.75, 3.05) is 39.1 Å². The van der Waals surface area contributed by atoms with Gasteiger partial charge in [0, 0.05) is 37.7 Å². The van der Waals surface area contributed by atoms with Crippen LogP contribution in [0.1, 0.15) is 38.5 Å². The summed E-state index contributed by atoms with van der Waals surface area (Å²) in [6, 6.07) is 0.723. The second kappa shape index (κ2) is 6.14. The van der Waals surface area contributed by atoms with Gasteiger partial charge in [-0.1, -0.05) is 0 Å². The van der Waals surface area contributed by atoms with Crippen molar-refractivity contribution < 1.29 is 13.2 Å². The molecule has 0 aromatic rings. The quantitative estimate of drug-likeness (QED) is 0.800. The number of hydrogen-bond donors (Lipinski definition) is 1. The van der Waals surface area contributed by atoms with Crippen molar-refractivity contribution in [3.05, 3.63) is 0 Å². The number of nitrogens with one attached hydrogen (secondary N) is 1. The lowest BCUT2D eigenvalue weighted by Crippen LogP contribution is -2.43. The van der Waals surface area contributed by atoms with E-state index in [0.29, 0.717) is 19.0 Å². The van der Waals surface area contributed by atoms with Gasteiger partial charge in [-0.2, -0.15) is 0 Å². The molecule has 2 atom stereocenters. The predicted octanol–water partition coefficient (Wildman–Crippen LogP) is 1.21. The predicted molar refractivity (Wildman–Crippen MR) is 82.7 cm³/mol. The Hall–Kier alpha value is -0.170. The van der Waals surface area contributed by atoms with Crippen LogP contribution in [0, 0.1) is 11.3 Å². The molecule has 5 nitrogen and oxygen atoms in total. The van der Waals surface area contributed by atoms with Gasteiger partial charge in [0.25, 0.3) is 0 Å². The second-order valence-corrected chi connectivity index (χ2v) is 9.27. The molecule has 0 radical (unpaired) electrons. The van der Waals surface area contributed by atoms with Crippen molar-refractivity contribution in [1.29, 1.82) is 0 Å². The average molecular weight is 316 g/mol. The molecule has 0 amide bonds. The van der Waals surface area contributed by atoms with Gasteiger partial charge in [0.2, 0.25) is 10.0 Å². The molecule has 0 aromatic heterocycles. The van der Waals surface area contributed by atoms with E-state index >= 15 is 0 Å². The monoisotopic (exact) mass is 316 g/mol. The van der Waals surface area contributed by atoms with Crippen molar-refractivity contribution in [3.8, 4) is 0 Å². The molecule has 2 unspecified atom stereocenters. The van der Waals surface area contributed by atoms with Gasteiger partial charge in [0.05, 0.1) is 12.9 Å². The van der Waals surface area contributed by atoms with Gasteiger partial charge in [-0.15, -0.1) is 0 Å². The summed E-state index contributed by atoms with van der Waals surface area (Å²) in [4.78, 5) is 0. The third-order valence-corrected chi connectivity index (χ3v) is 6.47. The Morgan fingerprint density at radius 1 is 1.33 bits per heavy atom. The molecule has 0 aromatic carbocycles. The molecule has 2 saturated heterocycles. The van der Waals surface area contributed by atoms with Crippen LogP contribution in [0.4, 0.5) is 0 Å². The third kappa shape index (κ3) is 4.18. The molecule has 1 N–H and O–H groups in total. The Morgan fingerprint density at radius 2 is 2.14 bits per heavy atom. The molecule has 1 aliphatic carbocycles. The number of rotatable bonds is 6. The fraction of sp³-hybridized carbons (Fsp3) is 1.00. The van der Waals surface area contributed by atoms with Crippen molar-refractivity contribution in [2.45, 2.75) is 44.6 Å². The molecule has 21 heavy (non-hydrogen) atoms. The standard InChI is InChI=1S/C15H28N2O3S/c1-21(18,19)17-7-2-3-13(10-17)9-15(6-8-20-12-15)11-16-14-4-5-14/h13-14,16H,2-12H2,1H3. The topological polar surface area (TPSA) is 58.6 Å². The van der Waals surface area contributed by atoms with E-state index in [9.17, 15) is 8.42 Å². The fourth-order valence-corrected chi connectivity index (χ4v) is 4.72. The fourth-order valence-electron chi connectivity index (χ4n) is 3.78. The summed E-state index contributed by atoms with van der Waals surface area (Å²) in [5.74, 6) is 0.483. The molecule has 3 aliphatic rings. The number of sulfonamides is 1. The normalized spacial score (nSPS) is 35.2. The van der Waals surface area contributed by atoms with Crippen molar-refractivity contribution in [3.63, 3.8) is 0 Å². The molecule has 3 rings (SSSR count). The highest BCUT2D eigenvalue weighted by Crippen LogP contribution is 2.38. The summed E-state index contributed by atoms with van der Waals surface area (Å²) in [5.41, 5.74) is 0.230. The van der Waals surface area contributed by atoms with Gasteiger partial charge in [-0.05, 0) is 44.4 Å². The van der Waals surface area contributed by atoms with Crippen LogP contribution in [0.2, 0.25) is 0 Å². The summed E-state index contributed by atoms with van der Waals surface area (Å²) in [7, 11) is -3.04. The Labute approximate surface area is 128 Å². The number of nitrogens with zero attached hydrogens (tertiary/aromatic N) is 1. The maximum absolute atomic E-state index is 11.8. The van der Waals surface area contributed by atoms with Gasteiger partial charge in [-0.3, -0.25) is 0 Å². The van der Waals surface area contributed by atoms with E-state index in [0.717, 1.165) is 51.5 Å².